The lowest BCUT2D eigenvalue weighted by Gasteiger charge is -1.93. The average Bonchev–Trinajstić information content (AvgIpc) is 2.53. The van der Waals surface area contributed by atoms with Crippen molar-refractivity contribution in [3.05, 3.63) is 36.3 Å². The number of furan rings is 1. The van der Waals surface area contributed by atoms with E-state index < -0.39 is 0 Å². The number of hydrogen-bond acceptors (Lipinski definition) is 1. The molecule has 0 radical (unpaired) electrons. The maximum atomic E-state index is 5.55. The Balaban J connectivity index is 2.36. The Hall–Kier alpha value is -0.980. The van der Waals surface area contributed by atoms with E-state index in [-0.39, 0.29) is 0 Å². The van der Waals surface area contributed by atoms with E-state index in [2.05, 4.69) is 25.6 Å². The Kier molecular flexibility index (Phi) is 3.65. The standard InChI is InChI=1S/C11H16O/c1-3-5-6-7-11-9-8-10(4-2)12-11/h3,8-9H,1,4-7H2,2H3. The summed E-state index contributed by atoms with van der Waals surface area (Å²) in [5.41, 5.74) is 0. The minimum absolute atomic E-state index is 0.988. The van der Waals surface area contributed by atoms with Gasteiger partial charge in [-0.15, -0.1) is 6.58 Å². The van der Waals surface area contributed by atoms with E-state index in [9.17, 15) is 0 Å². The van der Waals surface area contributed by atoms with Gasteiger partial charge in [0, 0.05) is 12.8 Å². The second-order valence-corrected chi connectivity index (χ2v) is 2.90. The molecule has 0 atom stereocenters. The van der Waals surface area contributed by atoms with Crippen LogP contribution in [-0.2, 0) is 12.8 Å². The molecule has 1 heteroatoms. The third kappa shape index (κ3) is 2.57. The van der Waals surface area contributed by atoms with E-state index in [0.29, 0.717) is 0 Å². The van der Waals surface area contributed by atoms with Crippen LogP contribution in [0.2, 0.25) is 0 Å². The van der Waals surface area contributed by atoms with Gasteiger partial charge in [-0.3, -0.25) is 0 Å². The highest BCUT2D eigenvalue weighted by atomic mass is 16.3. The summed E-state index contributed by atoms with van der Waals surface area (Å²) >= 11 is 0. The third-order valence-electron chi connectivity index (χ3n) is 1.90. The molecule has 1 heterocycles. The zero-order valence-electron chi connectivity index (χ0n) is 7.68. The number of hydrogen-bond donors (Lipinski definition) is 0. The molecule has 0 amide bonds. The molecule has 12 heavy (non-hydrogen) atoms. The van der Waals surface area contributed by atoms with Crippen molar-refractivity contribution in [3.63, 3.8) is 0 Å². The van der Waals surface area contributed by atoms with Gasteiger partial charge in [-0.2, -0.15) is 0 Å². The number of unbranched alkanes of at least 4 members (excludes halogenated alkanes) is 1. The summed E-state index contributed by atoms with van der Waals surface area (Å²) in [4.78, 5) is 0. The predicted molar refractivity (Wildman–Crippen MR) is 51.2 cm³/mol. The number of aryl methyl sites for hydroxylation is 2. The molecule has 0 bridgehead atoms. The molecule has 0 aliphatic carbocycles. The van der Waals surface area contributed by atoms with Gasteiger partial charge in [0.05, 0.1) is 0 Å². The van der Waals surface area contributed by atoms with Crippen LogP contribution in [-0.4, -0.2) is 0 Å². The molecule has 0 aliphatic heterocycles. The SMILES string of the molecule is C=CCCCc1ccc(CC)o1. The van der Waals surface area contributed by atoms with Gasteiger partial charge in [0.25, 0.3) is 0 Å². The summed E-state index contributed by atoms with van der Waals surface area (Å²) in [7, 11) is 0. The minimum atomic E-state index is 0.988. The maximum Gasteiger partial charge on any atom is 0.104 e. The first-order chi connectivity index (χ1) is 5.86. The fraction of sp³-hybridized carbons (Fsp3) is 0.455. The molecule has 0 N–H and O–H groups in total. The molecule has 1 aromatic rings. The van der Waals surface area contributed by atoms with Crippen molar-refractivity contribution in [1.82, 2.24) is 0 Å². The largest absolute Gasteiger partial charge is 0.466 e. The Morgan fingerprint density at radius 1 is 1.42 bits per heavy atom. The Morgan fingerprint density at radius 3 is 2.75 bits per heavy atom. The second kappa shape index (κ2) is 4.81. The summed E-state index contributed by atoms with van der Waals surface area (Å²) < 4.78 is 5.55. The van der Waals surface area contributed by atoms with Gasteiger partial charge in [0.2, 0.25) is 0 Å². The molecule has 0 fully saturated rings. The molecule has 0 unspecified atom stereocenters. The highest BCUT2D eigenvalue weighted by Gasteiger charge is 1.98. The van der Waals surface area contributed by atoms with Crippen LogP contribution in [0.15, 0.2) is 29.2 Å². The molecular weight excluding hydrogens is 148 g/mol. The second-order valence-electron chi connectivity index (χ2n) is 2.90. The fourth-order valence-electron chi connectivity index (χ4n) is 1.17. The first-order valence-electron chi connectivity index (χ1n) is 4.55. The van der Waals surface area contributed by atoms with Crippen LogP contribution < -0.4 is 0 Å². The van der Waals surface area contributed by atoms with Crippen LogP contribution in [0.5, 0.6) is 0 Å². The molecule has 0 saturated heterocycles. The number of rotatable bonds is 5. The molecule has 0 aliphatic rings. The van der Waals surface area contributed by atoms with E-state index in [1.165, 1.54) is 0 Å². The Morgan fingerprint density at radius 2 is 2.17 bits per heavy atom. The Bertz CT molecular complexity index is 235. The van der Waals surface area contributed by atoms with E-state index >= 15 is 0 Å². The maximum absolute atomic E-state index is 5.55. The van der Waals surface area contributed by atoms with Crippen LogP contribution in [0.4, 0.5) is 0 Å². The van der Waals surface area contributed by atoms with Crippen molar-refractivity contribution in [3.8, 4) is 0 Å². The van der Waals surface area contributed by atoms with E-state index in [0.717, 1.165) is 37.2 Å². The van der Waals surface area contributed by atoms with Gasteiger partial charge < -0.3 is 4.42 Å². The van der Waals surface area contributed by atoms with Crippen molar-refractivity contribution >= 4 is 0 Å². The average molecular weight is 164 g/mol. The van der Waals surface area contributed by atoms with E-state index in [1.54, 1.807) is 0 Å². The van der Waals surface area contributed by atoms with Crippen molar-refractivity contribution in [2.24, 2.45) is 0 Å². The summed E-state index contributed by atoms with van der Waals surface area (Å²) in [6, 6.07) is 4.13. The predicted octanol–water partition coefficient (Wildman–Crippen LogP) is 3.35. The monoisotopic (exact) mass is 164 g/mol. The van der Waals surface area contributed by atoms with Gasteiger partial charge in [-0.25, -0.2) is 0 Å². The van der Waals surface area contributed by atoms with Crippen molar-refractivity contribution in [2.45, 2.75) is 32.6 Å². The van der Waals surface area contributed by atoms with Gasteiger partial charge in [-0.1, -0.05) is 13.0 Å². The summed E-state index contributed by atoms with van der Waals surface area (Å²) in [5.74, 6) is 2.19. The Labute approximate surface area is 74.1 Å². The zero-order valence-corrected chi connectivity index (χ0v) is 7.68. The molecule has 1 nitrogen and oxygen atoms in total. The van der Waals surface area contributed by atoms with Crippen LogP contribution in [0.3, 0.4) is 0 Å². The molecule has 1 aromatic heterocycles. The van der Waals surface area contributed by atoms with Crippen LogP contribution in [0, 0.1) is 0 Å². The molecule has 1 rings (SSSR count). The lowest BCUT2D eigenvalue weighted by atomic mass is 10.2. The first kappa shape index (κ1) is 9.11. The summed E-state index contributed by atoms with van der Waals surface area (Å²) in [6.07, 6.45) is 6.18. The first-order valence-corrected chi connectivity index (χ1v) is 4.55. The van der Waals surface area contributed by atoms with E-state index in [1.807, 2.05) is 6.08 Å². The normalized spacial score (nSPS) is 10.1. The molecule has 0 saturated carbocycles. The summed E-state index contributed by atoms with van der Waals surface area (Å²) in [6.45, 7) is 5.79. The van der Waals surface area contributed by atoms with Gasteiger partial charge in [0.15, 0.2) is 0 Å². The quantitative estimate of drug-likeness (QED) is 0.480. The van der Waals surface area contributed by atoms with E-state index in [4.69, 9.17) is 4.42 Å². The van der Waals surface area contributed by atoms with Gasteiger partial charge in [-0.05, 0) is 25.0 Å². The smallest absolute Gasteiger partial charge is 0.104 e. The van der Waals surface area contributed by atoms with Gasteiger partial charge >= 0.3 is 0 Å². The van der Waals surface area contributed by atoms with Crippen LogP contribution in [0.1, 0.15) is 31.3 Å². The zero-order chi connectivity index (χ0) is 8.81. The highest BCUT2D eigenvalue weighted by Crippen LogP contribution is 2.11. The van der Waals surface area contributed by atoms with Gasteiger partial charge in [0.1, 0.15) is 11.5 Å². The highest BCUT2D eigenvalue weighted by molar-refractivity contribution is 5.07. The van der Waals surface area contributed by atoms with Crippen molar-refractivity contribution in [2.75, 3.05) is 0 Å². The topological polar surface area (TPSA) is 13.1 Å². The van der Waals surface area contributed by atoms with Crippen LogP contribution in [0.25, 0.3) is 0 Å². The third-order valence-corrected chi connectivity index (χ3v) is 1.90. The van der Waals surface area contributed by atoms with Crippen LogP contribution >= 0.6 is 0 Å². The lowest BCUT2D eigenvalue weighted by Crippen LogP contribution is -1.79. The lowest BCUT2D eigenvalue weighted by molar-refractivity contribution is 0.464. The minimum Gasteiger partial charge on any atom is -0.466 e. The summed E-state index contributed by atoms with van der Waals surface area (Å²) in [5, 5.41) is 0. The molecule has 0 spiro atoms. The fourth-order valence-corrected chi connectivity index (χ4v) is 1.17. The molecule has 66 valence electrons. The number of allylic oxidation sites excluding steroid dienone is 1. The van der Waals surface area contributed by atoms with Crippen molar-refractivity contribution in [1.29, 1.82) is 0 Å². The van der Waals surface area contributed by atoms with Crippen molar-refractivity contribution < 1.29 is 4.42 Å². The molecular formula is C11H16O. The molecule has 0 aromatic carbocycles.